The number of hydrogen-bond acceptors (Lipinski definition) is 4. The molecule has 1 aliphatic heterocycles. The van der Waals surface area contributed by atoms with Crippen LogP contribution in [-0.2, 0) is 9.53 Å². The molecule has 0 bridgehead atoms. The molecule has 1 saturated heterocycles. The Morgan fingerprint density at radius 3 is 3.05 bits per heavy atom. The first kappa shape index (κ1) is 14.1. The van der Waals surface area contributed by atoms with E-state index < -0.39 is 5.54 Å². The van der Waals surface area contributed by atoms with Gasteiger partial charge < -0.3 is 15.8 Å². The summed E-state index contributed by atoms with van der Waals surface area (Å²) in [4.78, 5) is 12.4. The molecule has 0 saturated carbocycles. The molecule has 1 unspecified atom stereocenters. The Labute approximate surface area is 126 Å². The number of nitrogens with two attached hydrogens (primary N) is 1. The molecule has 1 fully saturated rings. The maximum Gasteiger partial charge on any atom is 0.247 e. The van der Waals surface area contributed by atoms with Crippen molar-refractivity contribution in [2.24, 2.45) is 5.73 Å². The van der Waals surface area contributed by atoms with E-state index in [9.17, 15) is 4.79 Å². The van der Waals surface area contributed by atoms with E-state index in [4.69, 9.17) is 22.1 Å². The number of aromatic nitrogens is 2. The van der Waals surface area contributed by atoms with E-state index in [1.165, 1.54) is 0 Å². The summed E-state index contributed by atoms with van der Waals surface area (Å²) < 4.78 is 6.87. The van der Waals surface area contributed by atoms with Crippen molar-refractivity contribution >= 4 is 23.2 Å². The lowest BCUT2D eigenvalue weighted by molar-refractivity contribution is -0.121. The Morgan fingerprint density at radius 1 is 1.52 bits per heavy atom. The van der Waals surface area contributed by atoms with E-state index in [0.717, 1.165) is 5.69 Å². The van der Waals surface area contributed by atoms with Crippen molar-refractivity contribution in [3.63, 3.8) is 0 Å². The van der Waals surface area contributed by atoms with Crippen molar-refractivity contribution < 1.29 is 9.53 Å². The van der Waals surface area contributed by atoms with Crippen molar-refractivity contribution in [3.8, 4) is 5.69 Å². The molecule has 3 rings (SSSR count). The highest BCUT2D eigenvalue weighted by molar-refractivity contribution is 6.31. The van der Waals surface area contributed by atoms with Crippen molar-refractivity contribution in [1.82, 2.24) is 9.78 Å². The number of nitrogens with zero attached hydrogens (tertiary/aromatic N) is 2. The smallest absolute Gasteiger partial charge is 0.247 e. The van der Waals surface area contributed by atoms with Crippen molar-refractivity contribution in [2.75, 3.05) is 18.5 Å². The Balaban J connectivity index is 1.91. The zero-order valence-electron chi connectivity index (χ0n) is 11.3. The Kier molecular flexibility index (Phi) is 3.67. The van der Waals surface area contributed by atoms with Crippen molar-refractivity contribution in [3.05, 3.63) is 41.7 Å². The van der Waals surface area contributed by atoms with Crippen molar-refractivity contribution in [1.29, 1.82) is 0 Å². The average molecular weight is 307 g/mol. The molecule has 0 spiro atoms. The van der Waals surface area contributed by atoms with Crippen LogP contribution in [-0.4, -0.2) is 34.4 Å². The molecule has 21 heavy (non-hydrogen) atoms. The summed E-state index contributed by atoms with van der Waals surface area (Å²) in [5.41, 5.74) is 6.35. The van der Waals surface area contributed by atoms with Crippen LogP contribution in [0.25, 0.3) is 5.69 Å². The number of benzene rings is 1. The zero-order chi connectivity index (χ0) is 14.9. The lowest BCUT2D eigenvalue weighted by Crippen LogP contribution is -2.51. The van der Waals surface area contributed by atoms with E-state index in [2.05, 4.69) is 10.4 Å². The number of carbonyl (C=O) groups excluding carboxylic acids is 1. The van der Waals surface area contributed by atoms with Crippen molar-refractivity contribution in [2.45, 2.75) is 12.0 Å². The molecule has 2 heterocycles. The van der Waals surface area contributed by atoms with Gasteiger partial charge in [-0.15, -0.1) is 0 Å². The van der Waals surface area contributed by atoms with Crippen LogP contribution >= 0.6 is 11.6 Å². The molecule has 1 aliphatic rings. The molecule has 3 N–H and O–H groups in total. The molecule has 6 nitrogen and oxygen atoms in total. The summed E-state index contributed by atoms with van der Waals surface area (Å²) >= 11 is 6.02. The monoisotopic (exact) mass is 306 g/mol. The highest BCUT2D eigenvalue weighted by Gasteiger charge is 2.38. The Bertz CT molecular complexity index is 651. The normalized spacial score (nSPS) is 21.4. The third-order valence-electron chi connectivity index (χ3n) is 3.46. The molecule has 110 valence electrons. The molecule has 1 amide bonds. The fourth-order valence-electron chi connectivity index (χ4n) is 2.23. The van der Waals surface area contributed by atoms with Crippen LogP contribution in [0.15, 0.2) is 36.7 Å². The third kappa shape index (κ3) is 2.78. The first-order chi connectivity index (χ1) is 10.1. The number of nitrogens with one attached hydrogen (secondary N) is 1. The van der Waals surface area contributed by atoms with Gasteiger partial charge in [0.2, 0.25) is 5.91 Å². The standard InChI is InChI=1S/C14H15ClN4O2/c15-10-2-3-12(19-6-1-5-17-19)11(8-10)18-13(20)14(16)4-7-21-9-14/h1-3,5-6,8H,4,7,9,16H2,(H,18,20). The zero-order valence-corrected chi connectivity index (χ0v) is 12.0. The van der Waals surface area contributed by atoms with Gasteiger partial charge in [-0.25, -0.2) is 4.68 Å². The van der Waals surface area contributed by atoms with Gasteiger partial charge in [0.25, 0.3) is 0 Å². The lowest BCUT2D eigenvalue weighted by atomic mass is 9.99. The van der Waals surface area contributed by atoms with Crippen LogP contribution in [0, 0.1) is 0 Å². The Morgan fingerprint density at radius 2 is 2.38 bits per heavy atom. The number of carbonyl (C=O) groups is 1. The third-order valence-corrected chi connectivity index (χ3v) is 3.70. The summed E-state index contributed by atoms with van der Waals surface area (Å²) in [6, 6.07) is 7.01. The SMILES string of the molecule is NC1(C(=O)Nc2cc(Cl)ccc2-n2cccn2)CCOC1. The van der Waals surface area contributed by atoms with E-state index in [1.807, 2.05) is 0 Å². The molecule has 1 aromatic carbocycles. The fraction of sp³-hybridized carbons (Fsp3) is 0.286. The van der Waals surface area contributed by atoms with Gasteiger partial charge in [0.1, 0.15) is 5.54 Å². The molecule has 2 aromatic rings. The molecule has 0 aliphatic carbocycles. The number of halogens is 1. The minimum Gasteiger partial charge on any atom is -0.379 e. The Hall–Kier alpha value is -1.89. The topological polar surface area (TPSA) is 82.2 Å². The predicted molar refractivity (Wildman–Crippen MR) is 79.6 cm³/mol. The van der Waals surface area contributed by atoms with Gasteiger partial charge in [-0.2, -0.15) is 5.10 Å². The van der Waals surface area contributed by atoms with Gasteiger partial charge >= 0.3 is 0 Å². The van der Waals surface area contributed by atoms with Gasteiger partial charge in [0, 0.05) is 24.0 Å². The highest BCUT2D eigenvalue weighted by atomic mass is 35.5. The predicted octanol–water partition coefficient (Wildman–Crippen LogP) is 1.58. The molecule has 7 heteroatoms. The highest BCUT2D eigenvalue weighted by Crippen LogP contribution is 2.26. The first-order valence-electron chi connectivity index (χ1n) is 6.56. The molecule has 0 radical (unpaired) electrons. The summed E-state index contributed by atoms with van der Waals surface area (Å²) in [5.74, 6) is -0.282. The summed E-state index contributed by atoms with van der Waals surface area (Å²) in [6.07, 6.45) is 3.95. The quantitative estimate of drug-likeness (QED) is 0.902. The number of rotatable bonds is 3. The number of amides is 1. The first-order valence-corrected chi connectivity index (χ1v) is 6.94. The van der Waals surface area contributed by atoms with Crippen LogP contribution < -0.4 is 11.1 Å². The number of hydrogen-bond donors (Lipinski definition) is 2. The minimum absolute atomic E-state index is 0.219. The van der Waals surface area contributed by atoms with Crippen LogP contribution in [0.3, 0.4) is 0 Å². The van der Waals surface area contributed by atoms with Gasteiger partial charge in [-0.3, -0.25) is 4.79 Å². The van der Waals surface area contributed by atoms with Gasteiger partial charge in [-0.1, -0.05) is 11.6 Å². The van der Waals surface area contributed by atoms with Crippen LogP contribution in [0.1, 0.15) is 6.42 Å². The fourth-order valence-corrected chi connectivity index (χ4v) is 2.40. The average Bonchev–Trinajstić information content (AvgIpc) is 3.11. The minimum atomic E-state index is -0.996. The van der Waals surface area contributed by atoms with E-state index in [-0.39, 0.29) is 12.5 Å². The molecular weight excluding hydrogens is 292 g/mol. The molecular formula is C14H15ClN4O2. The largest absolute Gasteiger partial charge is 0.379 e. The second kappa shape index (κ2) is 5.48. The van der Waals surface area contributed by atoms with E-state index >= 15 is 0 Å². The second-order valence-corrected chi connectivity index (χ2v) is 5.46. The lowest BCUT2D eigenvalue weighted by Gasteiger charge is -2.21. The van der Waals surface area contributed by atoms with E-state index in [1.54, 1.807) is 41.3 Å². The van der Waals surface area contributed by atoms with Gasteiger partial charge in [0.05, 0.1) is 18.0 Å². The second-order valence-electron chi connectivity index (χ2n) is 5.02. The van der Waals surface area contributed by atoms with E-state index in [0.29, 0.717) is 23.7 Å². The number of anilines is 1. The summed E-state index contributed by atoms with van der Waals surface area (Å²) in [7, 11) is 0. The maximum absolute atomic E-state index is 12.4. The van der Waals surface area contributed by atoms with Gasteiger partial charge in [0.15, 0.2) is 0 Å². The van der Waals surface area contributed by atoms with Gasteiger partial charge in [-0.05, 0) is 30.7 Å². The molecule has 1 atom stereocenters. The molecule has 1 aromatic heterocycles. The summed E-state index contributed by atoms with van der Waals surface area (Å²) in [6.45, 7) is 0.710. The summed E-state index contributed by atoms with van der Waals surface area (Å²) in [5, 5.41) is 7.52. The van der Waals surface area contributed by atoms with Crippen LogP contribution in [0.5, 0.6) is 0 Å². The number of ether oxygens (including phenoxy) is 1. The van der Waals surface area contributed by atoms with Crippen LogP contribution in [0.2, 0.25) is 5.02 Å². The van der Waals surface area contributed by atoms with Crippen LogP contribution in [0.4, 0.5) is 5.69 Å². The maximum atomic E-state index is 12.4.